The first-order chi connectivity index (χ1) is 12.3. The average molecular weight is 361 g/mol. The summed E-state index contributed by atoms with van der Waals surface area (Å²) in [7, 11) is 1.36. The number of anilines is 1. The summed E-state index contributed by atoms with van der Waals surface area (Å²) >= 11 is 0. The van der Waals surface area contributed by atoms with Crippen LogP contribution in [-0.2, 0) is 11.2 Å². The van der Waals surface area contributed by atoms with Crippen molar-refractivity contribution in [2.75, 3.05) is 12.4 Å². The minimum absolute atomic E-state index is 0.0203. The summed E-state index contributed by atoms with van der Waals surface area (Å²) in [5, 5.41) is 11.8. The van der Waals surface area contributed by atoms with E-state index in [1.165, 1.54) is 37.4 Å². The molecule has 0 radical (unpaired) electrons. The van der Waals surface area contributed by atoms with Gasteiger partial charge in [-0.05, 0) is 49.7 Å². The molecule has 0 aromatic heterocycles. The lowest BCUT2D eigenvalue weighted by molar-refractivity contribution is -0.115. The largest absolute Gasteiger partial charge is 0.494 e. The molecule has 0 saturated carbocycles. The first-order valence-electron chi connectivity index (χ1n) is 7.96. The van der Waals surface area contributed by atoms with Gasteiger partial charge < -0.3 is 19.9 Å². The van der Waals surface area contributed by atoms with Crippen molar-refractivity contribution >= 4 is 17.6 Å². The Bertz CT molecular complexity index is 820. The number of carboxylic acids is 1. The molecule has 0 aliphatic carbocycles. The van der Waals surface area contributed by atoms with Crippen molar-refractivity contribution in [2.45, 2.75) is 26.4 Å². The van der Waals surface area contributed by atoms with Crippen molar-refractivity contribution < 1.29 is 28.6 Å². The zero-order chi connectivity index (χ0) is 19.3. The Morgan fingerprint density at radius 3 is 2.42 bits per heavy atom. The molecule has 0 bridgehead atoms. The van der Waals surface area contributed by atoms with Crippen LogP contribution in [0.25, 0.3) is 0 Å². The lowest BCUT2D eigenvalue weighted by Gasteiger charge is -2.15. The standard InChI is InChI=1S/C19H20FNO5/c1-11(2)26-17-7-5-13(19(23)24)10-15(17)21-18(22)9-12-4-6-16(25-3)14(20)8-12/h4-8,10-11H,9H2,1-3H3,(H,21,22)(H,23,24). The molecule has 7 heteroatoms. The van der Waals surface area contributed by atoms with E-state index in [-0.39, 0.29) is 29.5 Å². The van der Waals surface area contributed by atoms with E-state index >= 15 is 0 Å². The van der Waals surface area contributed by atoms with E-state index in [0.29, 0.717) is 11.3 Å². The molecule has 6 nitrogen and oxygen atoms in total. The highest BCUT2D eigenvalue weighted by atomic mass is 19.1. The van der Waals surface area contributed by atoms with E-state index in [4.69, 9.17) is 14.6 Å². The van der Waals surface area contributed by atoms with E-state index in [2.05, 4.69) is 5.32 Å². The van der Waals surface area contributed by atoms with Gasteiger partial charge in [0.25, 0.3) is 0 Å². The van der Waals surface area contributed by atoms with Crippen molar-refractivity contribution in [1.29, 1.82) is 0 Å². The van der Waals surface area contributed by atoms with Gasteiger partial charge in [-0.1, -0.05) is 6.07 Å². The highest BCUT2D eigenvalue weighted by Crippen LogP contribution is 2.27. The predicted octanol–water partition coefficient (Wildman–Crippen LogP) is 3.50. The highest BCUT2D eigenvalue weighted by Gasteiger charge is 2.14. The van der Waals surface area contributed by atoms with Gasteiger partial charge in [0.2, 0.25) is 5.91 Å². The smallest absolute Gasteiger partial charge is 0.335 e. The number of carbonyl (C=O) groups excluding carboxylic acids is 1. The Morgan fingerprint density at radius 2 is 1.85 bits per heavy atom. The maximum Gasteiger partial charge on any atom is 0.335 e. The lowest BCUT2D eigenvalue weighted by Crippen LogP contribution is -2.17. The normalized spacial score (nSPS) is 10.5. The highest BCUT2D eigenvalue weighted by molar-refractivity contribution is 5.96. The first-order valence-corrected chi connectivity index (χ1v) is 7.96. The van der Waals surface area contributed by atoms with Crippen molar-refractivity contribution in [1.82, 2.24) is 0 Å². The summed E-state index contributed by atoms with van der Waals surface area (Å²) in [6.45, 7) is 3.63. The Balaban J connectivity index is 2.19. The number of hydrogen-bond donors (Lipinski definition) is 2. The molecular weight excluding hydrogens is 341 g/mol. The SMILES string of the molecule is COc1ccc(CC(=O)Nc2cc(C(=O)O)ccc2OC(C)C)cc1F. The molecule has 2 aromatic carbocycles. The molecule has 0 aliphatic rings. The third-order valence-electron chi connectivity index (χ3n) is 3.44. The van der Waals surface area contributed by atoms with Gasteiger partial charge in [-0.25, -0.2) is 9.18 Å². The van der Waals surface area contributed by atoms with Crippen LogP contribution >= 0.6 is 0 Å². The van der Waals surface area contributed by atoms with Crippen molar-refractivity contribution in [3.05, 3.63) is 53.3 Å². The monoisotopic (exact) mass is 361 g/mol. The molecule has 2 aromatic rings. The number of carbonyl (C=O) groups is 2. The number of nitrogens with one attached hydrogen (secondary N) is 1. The minimum Gasteiger partial charge on any atom is -0.494 e. The number of hydrogen-bond acceptors (Lipinski definition) is 4. The topological polar surface area (TPSA) is 84.9 Å². The maximum atomic E-state index is 13.7. The number of rotatable bonds is 7. The fraction of sp³-hybridized carbons (Fsp3) is 0.263. The predicted molar refractivity (Wildman–Crippen MR) is 94.5 cm³/mol. The number of halogens is 1. The number of carboxylic acid groups (broad SMARTS) is 1. The van der Waals surface area contributed by atoms with Gasteiger partial charge in [-0.2, -0.15) is 0 Å². The molecule has 0 unspecified atom stereocenters. The molecule has 2 rings (SSSR count). The molecular formula is C19H20FNO5. The van der Waals surface area contributed by atoms with Gasteiger partial charge in [0.1, 0.15) is 5.75 Å². The molecule has 2 N–H and O–H groups in total. The van der Waals surface area contributed by atoms with Gasteiger partial charge in [0.05, 0.1) is 30.9 Å². The average Bonchev–Trinajstić information content (AvgIpc) is 2.56. The second-order valence-corrected chi connectivity index (χ2v) is 5.88. The Labute approximate surface area is 150 Å². The zero-order valence-electron chi connectivity index (χ0n) is 14.7. The van der Waals surface area contributed by atoms with Crippen LogP contribution < -0.4 is 14.8 Å². The summed E-state index contributed by atoms with van der Waals surface area (Å²) in [5.41, 5.74) is 0.728. The number of methoxy groups -OCH3 is 1. The fourth-order valence-electron chi connectivity index (χ4n) is 2.32. The second-order valence-electron chi connectivity index (χ2n) is 5.88. The summed E-state index contributed by atoms with van der Waals surface area (Å²) in [4.78, 5) is 23.5. The Kier molecular flexibility index (Phi) is 6.16. The van der Waals surface area contributed by atoms with E-state index in [1.807, 2.05) is 13.8 Å². The van der Waals surface area contributed by atoms with E-state index in [1.54, 1.807) is 6.07 Å². The number of aromatic carboxylic acids is 1. The van der Waals surface area contributed by atoms with Crippen molar-refractivity contribution in [3.8, 4) is 11.5 Å². The molecule has 0 fully saturated rings. The maximum absolute atomic E-state index is 13.7. The van der Waals surface area contributed by atoms with Gasteiger partial charge in [-0.3, -0.25) is 4.79 Å². The van der Waals surface area contributed by atoms with Crippen LogP contribution in [0.3, 0.4) is 0 Å². The summed E-state index contributed by atoms with van der Waals surface area (Å²) in [6.07, 6.45) is -0.240. The van der Waals surface area contributed by atoms with Crippen LogP contribution in [0, 0.1) is 5.82 Å². The van der Waals surface area contributed by atoms with E-state index in [9.17, 15) is 14.0 Å². The van der Waals surface area contributed by atoms with Crippen molar-refractivity contribution in [2.24, 2.45) is 0 Å². The summed E-state index contributed by atoms with van der Waals surface area (Å²) < 4.78 is 24.2. The minimum atomic E-state index is -1.12. The van der Waals surface area contributed by atoms with Crippen LogP contribution in [0.2, 0.25) is 0 Å². The van der Waals surface area contributed by atoms with Gasteiger partial charge in [0.15, 0.2) is 11.6 Å². The number of benzene rings is 2. The Hall–Kier alpha value is -3.09. The number of amides is 1. The molecule has 0 aliphatic heterocycles. The van der Waals surface area contributed by atoms with Crippen LogP contribution in [0.15, 0.2) is 36.4 Å². The van der Waals surface area contributed by atoms with Crippen molar-refractivity contribution in [3.63, 3.8) is 0 Å². The molecule has 1 amide bonds. The quantitative estimate of drug-likeness (QED) is 0.788. The second kappa shape index (κ2) is 8.33. The third kappa shape index (κ3) is 4.95. The van der Waals surface area contributed by atoms with E-state index < -0.39 is 17.7 Å². The molecule has 138 valence electrons. The molecule has 0 saturated heterocycles. The first kappa shape index (κ1) is 19.2. The summed E-state index contributed by atoms with van der Waals surface area (Å²) in [6, 6.07) is 8.46. The summed E-state index contributed by atoms with van der Waals surface area (Å²) in [5.74, 6) is -1.65. The Morgan fingerprint density at radius 1 is 1.15 bits per heavy atom. The lowest BCUT2D eigenvalue weighted by atomic mass is 10.1. The van der Waals surface area contributed by atoms with Gasteiger partial charge >= 0.3 is 5.97 Å². The van der Waals surface area contributed by atoms with E-state index in [0.717, 1.165) is 0 Å². The van der Waals surface area contributed by atoms with Crippen LogP contribution in [0.1, 0.15) is 29.8 Å². The molecule has 26 heavy (non-hydrogen) atoms. The van der Waals surface area contributed by atoms with Gasteiger partial charge in [-0.15, -0.1) is 0 Å². The molecule has 0 heterocycles. The van der Waals surface area contributed by atoms with Crippen LogP contribution in [0.4, 0.5) is 10.1 Å². The zero-order valence-corrected chi connectivity index (χ0v) is 14.7. The fourth-order valence-corrected chi connectivity index (χ4v) is 2.32. The van der Waals surface area contributed by atoms with Crippen LogP contribution in [0.5, 0.6) is 11.5 Å². The van der Waals surface area contributed by atoms with Gasteiger partial charge in [0, 0.05) is 0 Å². The molecule has 0 atom stereocenters. The van der Waals surface area contributed by atoms with Crippen LogP contribution in [-0.4, -0.2) is 30.2 Å². The number of ether oxygens (including phenoxy) is 2. The third-order valence-corrected chi connectivity index (χ3v) is 3.44. The molecule has 0 spiro atoms.